The molecule has 5 heteroatoms. The molecule has 2 heterocycles. The maximum Gasteiger partial charge on any atom is 0.276 e. The number of pyridine rings is 1. The van der Waals surface area contributed by atoms with Gasteiger partial charge in [0.1, 0.15) is 5.75 Å². The fraction of sp³-hybridized carbons (Fsp3) is 0.125. The molecule has 0 aliphatic rings. The maximum absolute atomic E-state index is 12.3. The highest BCUT2D eigenvalue weighted by molar-refractivity contribution is 5.95. The fourth-order valence-corrected chi connectivity index (χ4v) is 2.36. The van der Waals surface area contributed by atoms with Crippen LogP contribution in [0.2, 0.25) is 0 Å². The molecule has 0 spiro atoms. The number of aromatic amines is 1. The lowest BCUT2D eigenvalue weighted by Gasteiger charge is -2.17. The molecule has 1 amide bonds. The molecular weight excluding hydrogens is 266 g/mol. The van der Waals surface area contributed by atoms with E-state index >= 15 is 0 Å². The van der Waals surface area contributed by atoms with Gasteiger partial charge in [-0.1, -0.05) is 12.1 Å². The number of carbonyl (C=O) groups excluding carboxylic acids is 1. The van der Waals surface area contributed by atoms with Gasteiger partial charge in [0.25, 0.3) is 5.91 Å². The highest BCUT2D eigenvalue weighted by Gasteiger charge is 2.17. The maximum atomic E-state index is 12.3. The summed E-state index contributed by atoms with van der Waals surface area (Å²) >= 11 is 0. The van der Waals surface area contributed by atoms with Gasteiger partial charge in [0, 0.05) is 36.9 Å². The number of benzene rings is 1. The summed E-state index contributed by atoms with van der Waals surface area (Å²) < 4.78 is 0. The van der Waals surface area contributed by atoms with E-state index in [0.29, 0.717) is 6.54 Å². The molecule has 3 rings (SSSR count). The summed E-state index contributed by atoms with van der Waals surface area (Å²) in [7, 11) is 1.70. The van der Waals surface area contributed by atoms with E-state index in [0.717, 1.165) is 16.5 Å². The van der Waals surface area contributed by atoms with Crippen LogP contribution in [0.3, 0.4) is 0 Å². The zero-order valence-electron chi connectivity index (χ0n) is 11.6. The van der Waals surface area contributed by atoms with Gasteiger partial charge < -0.3 is 15.0 Å². The number of aromatic nitrogens is 2. The van der Waals surface area contributed by atoms with Crippen LogP contribution in [0.5, 0.6) is 5.75 Å². The molecule has 0 aliphatic heterocycles. The van der Waals surface area contributed by atoms with E-state index in [1.54, 1.807) is 18.0 Å². The van der Waals surface area contributed by atoms with Crippen LogP contribution in [0.25, 0.3) is 10.9 Å². The minimum Gasteiger partial charge on any atom is -0.505 e. The van der Waals surface area contributed by atoms with Crippen LogP contribution in [0.4, 0.5) is 0 Å². The molecule has 106 valence electrons. The monoisotopic (exact) mass is 281 g/mol. The summed E-state index contributed by atoms with van der Waals surface area (Å²) in [5.74, 6) is -0.408. The molecule has 0 radical (unpaired) electrons. The van der Waals surface area contributed by atoms with Crippen molar-refractivity contribution in [1.29, 1.82) is 0 Å². The Balaban J connectivity index is 1.86. The molecule has 0 bridgehead atoms. The van der Waals surface area contributed by atoms with Crippen molar-refractivity contribution in [1.82, 2.24) is 14.9 Å². The van der Waals surface area contributed by atoms with Crippen molar-refractivity contribution in [2.45, 2.75) is 6.54 Å². The highest BCUT2D eigenvalue weighted by Crippen LogP contribution is 2.20. The van der Waals surface area contributed by atoms with Crippen LogP contribution in [-0.2, 0) is 6.54 Å². The Bertz CT molecular complexity index is 795. The second-order valence-corrected chi connectivity index (χ2v) is 4.89. The number of hydrogen-bond acceptors (Lipinski definition) is 3. The molecule has 3 aromatic rings. The Kier molecular flexibility index (Phi) is 3.31. The number of carbonyl (C=O) groups is 1. The summed E-state index contributed by atoms with van der Waals surface area (Å²) in [6.07, 6.45) is 3.37. The number of H-pyrrole nitrogens is 1. The second kappa shape index (κ2) is 5.28. The van der Waals surface area contributed by atoms with Crippen LogP contribution in [0.1, 0.15) is 16.1 Å². The highest BCUT2D eigenvalue weighted by atomic mass is 16.3. The third kappa shape index (κ3) is 2.45. The van der Waals surface area contributed by atoms with E-state index in [1.165, 1.54) is 12.3 Å². The van der Waals surface area contributed by atoms with E-state index in [-0.39, 0.29) is 17.4 Å². The van der Waals surface area contributed by atoms with Gasteiger partial charge in [-0.3, -0.25) is 4.79 Å². The fourth-order valence-electron chi connectivity index (χ4n) is 2.36. The van der Waals surface area contributed by atoms with Crippen LogP contribution in [0, 0.1) is 0 Å². The van der Waals surface area contributed by atoms with Crippen LogP contribution in [0.15, 0.2) is 48.8 Å². The molecular formula is C16H15N3O2. The van der Waals surface area contributed by atoms with Gasteiger partial charge in [0.05, 0.1) is 0 Å². The van der Waals surface area contributed by atoms with Crippen molar-refractivity contribution < 1.29 is 9.90 Å². The normalized spacial score (nSPS) is 10.7. The van der Waals surface area contributed by atoms with Crippen molar-refractivity contribution in [3.8, 4) is 5.75 Å². The lowest BCUT2D eigenvalue weighted by molar-refractivity contribution is 0.0776. The molecule has 0 unspecified atom stereocenters. The van der Waals surface area contributed by atoms with E-state index in [4.69, 9.17) is 0 Å². The molecule has 2 N–H and O–H groups in total. The number of hydrogen-bond donors (Lipinski definition) is 2. The van der Waals surface area contributed by atoms with Crippen LogP contribution >= 0.6 is 0 Å². The molecule has 0 saturated heterocycles. The number of nitrogens with zero attached hydrogens (tertiary/aromatic N) is 2. The molecule has 0 aliphatic carbocycles. The average molecular weight is 281 g/mol. The zero-order valence-corrected chi connectivity index (χ0v) is 11.6. The second-order valence-electron chi connectivity index (χ2n) is 4.89. The van der Waals surface area contributed by atoms with Gasteiger partial charge in [-0.15, -0.1) is 0 Å². The van der Waals surface area contributed by atoms with E-state index in [2.05, 4.69) is 9.97 Å². The Labute approximate surface area is 121 Å². The standard InChI is InChI=1S/C16H15N3O2/c1-19(16(21)15-14(20)6-3-8-18-15)10-11-4-2-5-13-12(11)7-9-17-13/h2-9,17,20H,10H2,1H3. The Morgan fingerprint density at radius 2 is 2.14 bits per heavy atom. The van der Waals surface area contributed by atoms with Crippen molar-refractivity contribution in [3.63, 3.8) is 0 Å². The molecule has 0 fully saturated rings. The predicted molar refractivity (Wildman–Crippen MR) is 80.0 cm³/mol. The van der Waals surface area contributed by atoms with Gasteiger partial charge in [-0.25, -0.2) is 4.98 Å². The molecule has 5 nitrogen and oxygen atoms in total. The number of amides is 1. The number of rotatable bonds is 3. The molecule has 1 aromatic carbocycles. The van der Waals surface area contributed by atoms with E-state index < -0.39 is 0 Å². The summed E-state index contributed by atoms with van der Waals surface area (Å²) in [6.45, 7) is 0.448. The first kappa shape index (κ1) is 13.2. The number of nitrogens with one attached hydrogen (secondary N) is 1. The minimum atomic E-state index is -0.305. The molecule has 0 atom stereocenters. The minimum absolute atomic E-state index is 0.0706. The first-order valence-corrected chi connectivity index (χ1v) is 6.61. The van der Waals surface area contributed by atoms with E-state index in [9.17, 15) is 9.90 Å². The first-order valence-electron chi connectivity index (χ1n) is 6.61. The predicted octanol–water partition coefficient (Wildman–Crippen LogP) is 2.54. The van der Waals surface area contributed by atoms with Crippen molar-refractivity contribution in [2.75, 3.05) is 7.05 Å². The Morgan fingerprint density at radius 1 is 1.29 bits per heavy atom. The van der Waals surface area contributed by atoms with Crippen molar-refractivity contribution in [3.05, 3.63) is 60.0 Å². The SMILES string of the molecule is CN(Cc1cccc2[nH]ccc12)C(=O)c1ncccc1O. The largest absolute Gasteiger partial charge is 0.505 e. The van der Waals surface area contributed by atoms with Crippen LogP contribution < -0.4 is 0 Å². The topological polar surface area (TPSA) is 69.2 Å². The molecule has 2 aromatic heterocycles. The molecule has 21 heavy (non-hydrogen) atoms. The van der Waals surface area contributed by atoms with Crippen LogP contribution in [-0.4, -0.2) is 32.9 Å². The van der Waals surface area contributed by atoms with Crippen molar-refractivity contribution in [2.24, 2.45) is 0 Å². The van der Waals surface area contributed by atoms with E-state index in [1.807, 2.05) is 30.5 Å². The van der Waals surface area contributed by atoms with Gasteiger partial charge in [-0.05, 0) is 29.8 Å². The Morgan fingerprint density at radius 3 is 2.95 bits per heavy atom. The van der Waals surface area contributed by atoms with Gasteiger partial charge in [0.2, 0.25) is 0 Å². The number of fused-ring (bicyclic) bond motifs is 1. The number of aromatic hydroxyl groups is 1. The van der Waals surface area contributed by atoms with Gasteiger partial charge in [-0.2, -0.15) is 0 Å². The smallest absolute Gasteiger partial charge is 0.276 e. The summed E-state index contributed by atoms with van der Waals surface area (Å²) in [5, 5.41) is 10.8. The van der Waals surface area contributed by atoms with Crippen molar-refractivity contribution >= 4 is 16.8 Å². The first-order chi connectivity index (χ1) is 10.2. The quantitative estimate of drug-likeness (QED) is 0.775. The summed E-state index contributed by atoms with van der Waals surface area (Å²) in [5.41, 5.74) is 2.15. The lowest BCUT2D eigenvalue weighted by atomic mass is 10.1. The average Bonchev–Trinajstić information content (AvgIpc) is 2.96. The summed E-state index contributed by atoms with van der Waals surface area (Å²) in [6, 6.07) is 11.0. The third-order valence-corrected chi connectivity index (χ3v) is 3.43. The van der Waals surface area contributed by atoms with Gasteiger partial charge >= 0.3 is 0 Å². The molecule has 0 saturated carbocycles. The summed E-state index contributed by atoms with van der Waals surface area (Å²) in [4.78, 5) is 21.0. The third-order valence-electron chi connectivity index (χ3n) is 3.43. The Hall–Kier alpha value is -2.82. The zero-order chi connectivity index (χ0) is 14.8. The van der Waals surface area contributed by atoms with Gasteiger partial charge in [0.15, 0.2) is 5.69 Å². The lowest BCUT2D eigenvalue weighted by Crippen LogP contribution is -2.27.